The normalized spacial score (nSPS) is 19.4. The van der Waals surface area contributed by atoms with Gasteiger partial charge in [-0.05, 0) is 68.5 Å². The lowest BCUT2D eigenvalue weighted by Gasteiger charge is -2.34. The standard InChI is InChI=1S/C31H32N2O3/c1-19(2)36-25-15-13-23(14-16-25)31-30-27(32-26-7-5-6-8-28(26)33(31)21(4)34)17-24(18-29(30)35)22-11-9-20(3)10-12-22/h5-16,19,24,31-32H,17-18H2,1-4H3/t24-,31+/m0/s1. The molecule has 0 radical (unpaired) electrons. The Morgan fingerprint density at radius 2 is 1.61 bits per heavy atom. The highest BCUT2D eigenvalue weighted by Gasteiger charge is 2.40. The van der Waals surface area contributed by atoms with Crippen LogP contribution in [-0.4, -0.2) is 17.8 Å². The summed E-state index contributed by atoms with van der Waals surface area (Å²) < 4.78 is 5.84. The molecule has 1 aliphatic heterocycles. The van der Waals surface area contributed by atoms with Crippen molar-refractivity contribution in [2.45, 2.75) is 58.6 Å². The molecule has 5 nitrogen and oxygen atoms in total. The van der Waals surface area contributed by atoms with Crippen LogP contribution in [0.4, 0.5) is 11.4 Å². The molecule has 0 saturated heterocycles. The van der Waals surface area contributed by atoms with Crippen LogP contribution >= 0.6 is 0 Å². The van der Waals surface area contributed by atoms with E-state index < -0.39 is 6.04 Å². The zero-order valence-corrected chi connectivity index (χ0v) is 21.2. The van der Waals surface area contributed by atoms with Crippen molar-refractivity contribution in [1.82, 2.24) is 0 Å². The van der Waals surface area contributed by atoms with Gasteiger partial charge in [0.2, 0.25) is 5.91 Å². The molecule has 0 bridgehead atoms. The first kappa shape index (κ1) is 23.9. The van der Waals surface area contributed by atoms with Gasteiger partial charge in [0.15, 0.2) is 5.78 Å². The molecule has 1 aliphatic carbocycles. The first-order chi connectivity index (χ1) is 17.3. The number of rotatable bonds is 4. The topological polar surface area (TPSA) is 58.6 Å². The molecular weight excluding hydrogens is 448 g/mol. The summed E-state index contributed by atoms with van der Waals surface area (Å²) >= 11 is 0. The molecule has 1 N–H and O–H groups in total. The lowest BCUT2D eigenvalue weighted by molar-refractivity contribution is -0.117. The van der Waals surface area contributed by atoms with Gasteiger partial charge in [0.05, 0.1) is 23.5 Å². The largest absolute Gasteiger partial charge is 0.491 e. The Hall–Kier alpha value is -3.86. The maximum atomic E-state index is 13.9. The van der Waals surface area contributed by atoms with Crippen molar-refractivity contribution in [3.8, 4) is 5.75 Å². The zero-order valence-electron chi connectivity index (χ0n) is 21.2. The van der Waals surface area contributed by atoms with Crippen molar-refractivity contribution in [3.63, 3.8) is 0 Å². The summed E-state index contributed by atoms with van der Waals surface area (Å²) in [6.45, 7) is 7.61. The second-order valence-corrected chi connectivity index (χ2v) is 10.0. The van der Waals surface area contributed by atoms with E-state index in [2.05, 4.69) is 36.5 Å². The summed E-state index contributed by atoms with van der Waals surface area (Å²) in [6, 6.07) is 23.5. The molecule has 3 aromatic carbocycles. The van der Waals surface area contributed by atoms with Crippen LogP contribution in [0.3, 0.4) is 0 Å². The zero-order chi connectivity index (χ0) is 25.4. The van der Waals surface area contributed by atoms with Gasteiger partial charge in [0.25, 0.3) is 0 Å². The quantitative estimate of drug-likeness (QED) is 0.451. The van der Waals surface area contributed by atoms with Crippen molar-refractivity contribution in [1.29, 1.82) is 0 Å². The minimum absolute atomic E-state index is 0.0615. The Bertz CT molecular complexity index is 1320. The predicted octanol–water partition coefficient (Wildman–Crippen LogP) is 6.70. The molecule has 0 unspecified atom stereocenters. The number of ketones is 1. The summed E-state index contributed by atoms with van der Waals surface area (Å²) in [7, 11) is 0. The van der Waals surface area contributed by atoms with Crippen LogP contribution in [0.2, 0.25) is 0 Å². The molecule has 2 aliphatic rings. The van der Waals surface area contributed by atoms with E-state index in [1.54, 1.807) is 11.8 Å². The van der Waals surface area contributed by atoms with Crippen LogP contribution in [0.1, 0.15) is 62.3 Å². The molecule has 1 amide bonds. The molecule has 0 fully saturated rings. The number of hydrogen-bond acceptors (Lipinski definition) is 4. The van der Waals surface area contributed by atoms with E-state index in [1.807, 2.05) is 62.4 Å². The van der Waals surface area contributed by atoms with Crippen molar-refractivity contribution in [3.05, 3.63) is 101 Å². The summed E-state index contributed by atoms with van der Waals surface area (Å²) in [5, 5.41) is 3.57. The number of nitrogens with zero attached hydrogens (tertiary/aromatic N) is 1. The molecule has 0 aromatic heterocycles. The first-order valence-corrected chi connectivity index (χ1v) is 12.6. The third-order valence-corrected chi connectivity index (χ3v) is 6.94. The second-order valence-electron chi connectivity index (χ2n) is 10.0. The number of aryl methyl sites for hydroxylation is 1. The molecule has 5 rings (SSSR count). The number of benzene rings is 3. The van der Waals surface area contributed by atoms with Gasteiger partial charge < -0.3 is 10.1 Å². The van der Waals surface area contributed by atoms with Crippen LogP contribution in [0.25, 0.3) is 0 Å². The van der Waals surface area contributed by atoms with Gasteiger partial charge in [0, 0.05) is 24.6 Å². The first-order valence-electron chi connectivity index (χ1n) is 12.6. The van der Waals surface area contributed by atoms with Crippen LogP contribution in [-0.2, 0) is 9.59 Å². The number of fused-ring (bicyclic) bond motifs is 1. The van der Waals surface area contributed by atoms with Crippen LogP contribution in [0, 0.1) is 6.92 Å². The molecular formula is C31H32N2O3. The van der Waals surface area contributed by atoms with E-state index in [0.29, 0.717) is 18.4 Å². The number of nitrogens with one attached hydrogen (secondary N) is 1. The predicted molar refractivity (Wildman–Crippen MR) is 143 cm³/mol. The fourth-order valence-corrected chi connectivity index (χ4v) is 5.33. The Kier molecular flexibility index (Phi) is 6.40. The van der Waals surface area contributed by atoms with Crippen molar-refractivity contribution < 1.29 is 14.3 Å². The van der Waals surface area contributed by atoms with E-state index in [4.69, 9.17) is 4.74 Å². The minimum Gasteiger partial charge on any atom is -0.491 e. The van der Waals surface area contributed by atoms with E-state index in [1.165, 1.54) is 5.56 Å². The van der Waals surface area contributed by atoms with Gasteiger partial charge in [-0.25, -0.2) is 0 Å². The monoisotopic (exact) mass is 480 g/mol. The highest BCUT2D eigenvalue weighted by atomic mass is 16.5. The molecule has 1 heterocycles. The Balaban J connectivity index is 1.64. The summed E-state index contributed by atoms with van der Waals surface area (Å²) in [5.74, 6) is 0.807. The number of allylic oxidation sites excluding steroid dienone is 1. The summed E-state index contributed by atoms with van der Waals surface area (Å²) in [4.78, 5) is 28.8. The van der Waals surface area contributed by atoms with Gasteiger partial charge in [0.1, 0.15) is 5.75 Å². The van der Waals surface area contributed by atoms with Gasteiger partial charge in [-0.15, -0.1) is 0 Å². The van der Waals surface area contributed by atoms with Crippen LogP contribution < -0.4 is 15.0 Å². The summed E-state index contributed by atoms with van der Waals surface area (Å²) in [5.41, 5.74) is 6.41. The van der Waals surface area contributed by atoms with Crippen molar-refractivity contribution in [2.24, 2.45) is 0 Å². The molecule has 0 spiro atoms. The molecule has 184 valence electrons. The van der Waals surface area contributed by atoms with E-state index in [-0.39, 0.29) is 23.7 Å². The fourth-order valence-electron chi connectivity index (χ4n) is 5.33. The summed E-state index contributed by atoms with van der Waals surface area (Å²) in [6.07, 6.45) is 1.18. The van der Waals surface area contributed by atoms with Gasteiger partial charge in [-0.3, -0.25) is 14.5 Å². The van der Waals surface area contributed by atoms with Crippen LogP contribution in [0.5, 0.6) is 5.75 Å². The number of carbonyl (C=O) groups excluding carboxylic acids is 2. The lowest BCUT2D eigenvalue weighted by atomic mass is 9.78. The van der Waals surface area contributed by atoms with Crippen LogP contribution in [0.15, 0.2) is 84.1 Å². The molecule has 3 aromatic rings. The van der Waals surface area contributed by atoms with Crippen molar-refractivity contribution in [2.75, 3.05) is 10.2 Å². The third kappa shape index (κ3) is 4.53. The van der Waals surface area contributed by atoms with E-state index in [9.17, 15) is 9.59 Å². The highest BCUT2D eigenvalue weighted by Crippen LogP contribution is 2.47. The number of para-hydroxylation sites is 2. The number of carbonyl (C=O) groups is 2. The molecule has 0 saturated carbocycles. The average molecular weight is 481 g/mol. The third-order valence-electron chi connectivity index (χ3n) is 6.94. The second kappa shape index (κ2) is 9.65. The lowest BCUT2D eigenvalue weighted by Crippen LogP contribution is -2.37. The van der Waals surface area contributed by atoms with E-state index in [0.717, 1.165) is 33.9 Å². The van der Waals surface area contributed by atoms with E-state index >= 15 is 0 Å². The molecule has 36 heavy (non-hydrogen) atoms. The molecule has 2 atom stereocenters. The van der Waals surface area contributed by atoms with Crippen molar-refractivity contribution >= 4 is 23.1 Å². The number of ether oxygens (including phenoxy) is 1. The Labute approximate surface area is 212 Å². The number of Topliss-reactive ketones (excluding diaryl/α,β-unsaturated/α-hetero) is 1. The fraction of sp³-hybridized carbons (Fsp3) is 0.290. The Morgan fingerprint density at radius 1 is 0.944 bits per heavy atom. The number of hydrogen-bond donors (Lipinski definition) is 1. The average Bonchev–Trinajstić information content (AvgIpc) is 2.99. The minimum atomic E-state index is -0.520. The Morgan fingerprint density at radius 3 is 2.28 bits per heavy atom. The van der Waals surface area contributed by atoms with Gasteiger partial charge in [-0.2, -0.15) is 0 Å². The number of anilines is 2. The smallest absolute Gasteiger partial charge is 0.224 e. The highest BCUT2D eigenvalue weighted by molar-refractivity contribution is 6.06. The van der Waals surface area contributed by atoms with Gasteiger partial charge in [-0.1, -0.05) is 54.1 Å². The SMILES string of the molecule is CC(=O)N1c2ccccc2NC2=C(C(=O)C[C@@H](c3ccc(C)cc3)C2)[C@H]1c1ccc(OC(C)C)cc1. The number of amides is 1. The molecule has 5 heteroatoms. The maximum absolute atomic E-state index is 13.9. The maximum Gasteiger partial charge on any atom is 0.224 e. The van der Waals surface area contributed by atoms with Gasteiger partial charge >= 0.3 is 0 Å².